The number of methoxy groups -OCH3 is 1. The van der Waals surface area contributed by atoms with Crippen molar-refractivity contribution in [3.63, 3.8) is 0 Å². The number of hydrogen-bond donors (Lipinski definition) is 2. The minimum Gasteiger partial charge on any atom is -0.497 e. The van der Waals surface area contributed by atoms with Gasteiger partial charge in [-0.3, -0.25) is 5.32 Å². The highest BCUT2D eigenvalue weighted by Crippen LogP contribution is 2.27. The minimum absolute atomic E-state index is 0.158. The number of nitrogens with zero attached hydrogens (tertiary/aromatic N) is 2. The van der Waals surface area contributed by atoms with E-state index in [0.29, 0.717) is 11.5 Å². The van der Waals surface area contributed by atoms with Crippen molar-refractivity contribution in [2.24, 2.45) is 0 Å². The Bertz CT molecular complexity index is 975. The first-order valence-corrected chi connectivity index (χ1v) is 9.64. The Labute approximate surface area is 173 Å². The van der Waals surface area contributed by atoms with Gasteiger partial charge in [-0.25, -0.2) is 9.48 Å². The number of aromatic nitrogens is 2. The summed E-state index contributed by atoms with van der Waals surface area (Å²) in [6.45, 7) is 6.25. The summed E-state index contributed by atoms with van der Waals surface area (Å²) in [5.74, 6) is 1.34. The Morgan fingerprint density at radius 2 is 1.79 bits per heavy atom. The van der Waals surface area contributed by atoms with Crippen LogP contribution in [0.25, 0.3) is 5.69 Å². The molecule has 146 valence electrons. The third kappa shape index (κ3) is 4.72. The summed E-state index contributed by atoms with van der Waals surface area (Å²) in [6, 6.07) is 16.5. The zero-order valence-corrected chi connectivity index (χ0v) is 17.9. The molecule has 2 N–H and O–H groups in total. The molecule has 7 heteroatoms. The lowest BCUT2D eigenvalue weighted by Gasteiger charge is -2.14. The molecule has 0 aliphatic heterocycles. The SMILES string of the molecule is COc1ccc(-n2nc(C(C)(C)C)cc2NC(=O)Nc2cccc(Br)c2)cc1. The fourth-order valence-electron chi connectivity index (χ4n) is 2.60. The highest BCUT2D eigenvalue weighted by atomic mass is 79.9. The van der Waals surface area contributed by atoms with Gasteiger partial charge in [0.05, 0.1) is 18.5 Å². The Hall–Kier alpha value is -2.80. The molecule has 6 nitrogen and oxygen atoms in total. The van der Waals surface area contributed by atoms with E-state index in [1.807, 2.05) is 54.6 Å². The first-order valence-electron chi connectivity index (χ1n) is 8.85. The number of urea groups is 1. The van der Waals surface area contributed by atoms with Crippen LogP contribution in [0.5, 0.6) is 5.75 Å². The van der Waals surface area contributed by atoms with Gasteiger partial charge in [-0.15, -0.1) is 0 Å². The Balaban J connectivity index is 1.89. The van der Waals surface area contributed by atoms with Gasteiger partial charge in [-0.1, -0.05) is 42.8 Å². The van der Waals surface area contributed by atoms with Crippen molar-refractivity contribution < 1.29 is 9.53 Å². The van der Waals surface area contributed by atoms with Crippen molar-refractivity contribution in [1.29, 1.82) is 0 Å². The molecule has 0 unspecified atom stereocenters. The molecule has 0 fully saturated rings. The molecule has 1 aromatic heterocycles. The van der Waals surface area contributed by atoms with Gasteiger partial charge in [-0.05, 0) is 42.5 Å². The number of benzene rings is 2. The second kappa shape index (κ2) is 8.06. The number of nitrogens with one attached hydrogen (secondary N) is 2. The number of hydrogen-bond acceptors (Lipinski definition) is 3. The van der Waals surface area contributed by atoms with E-state index >= 15 is 0 Å². The Kier molecular flexibility index (Phi) is 5.74. The molecule has 0 saturated carbocycles. The molecule has 0 atom stereocenters. The quantitative estimate of drug-likeness (QED) is 0.553. The molecule has 28 heavy (non-hydrogen) atoms. The van der Waals surface area contributed by atoms with Crippen molar-refractivity contribution in [1.82, 2.24) is 9.78 Å². The summed E-state index contributed by atoms with van der Waals surface area (Å²) >= 11 is 3.40. The topological polar surface area (TPSA) is 68.2 Å². The first kappa shape index (κ1) is 19.9. The second-order valence-corrected chi connectivity index (χ2v) is 8.28. The molecule has 3 rings (SSSR count). The first-order chi connectivity index (χ1) is 13.3. The molecular weight excluding hydrogens is 420 g/mol. The molecule has 3 aromatic rings. The standard InChI is InChI=1S/C21H23BrN4O2/c1-21(2,3)18-13-19(24-20(27)23-15-7-5-6-14(22)12-15)26(25-18)16-8-10-17(28-4)11-9-16/h5-13H,1-4H3,(H2,23,24,27). The minimum atomic E-state index is -0.340. The molecule has 1 heterocycles. The summed E-state index contributed by atoms with van der Waals surface area (Å²) in [7, 11) is 1.62. The maximum atomic E-state index is 12.5. The predicted octanol–water partition coefficient (Wildman–Crippen LogP) is 5.58. The van der Waals surface area contributed by atoms with Crippen LogP contribution in [0.2, 0.25) is 0 Å². The number of rotatable bonds is 4. The van der Waals surface area contributed by atoms with Crippen molar-refractivity contribution in [2.45, 2.75) is 26.2 Å². The Morgan fingerprint density at radius 1 is 1.07 bits per heavy atom. The number of halogens is 1. The van der Waals surface area contributed by atoms with Crippen LogP contribution in [-0.4, -0.2) is 22.9 Å². The largest absolute Gasteiger partial charge is 0.497 e. The molecule has 0 aliphatic rings. The number of carbonyl (C=O) groups excluding carboxylic acids is 1. The summed E-state index contributed by atoms with van der Waals surface area (Å²) in [4.78, 5) is 12.5. The number of carbonyl (C=O) groups is 1. The molecular formula is C21H23BrN4O2. The molecule has 0 spiro atoms. The van der Waals surface area contributed by atoms with Gasteiger partial charge in [0.15, 0.2) is 0 Å². The fraction of sp³-hybridized carbons (Fsp3) is 0.238. The molecule has 0 aliphatic carbocycles. The van der Waals surface area contributed by atoms with Gasteiger partial charge in [0.1, 0.15) is 11.6 Å². The maximum absolute atomic E-state index is 12.5. The summed E-state index contributed by atoms with van der Waals surface area (Å²) in [5, 5.41) is 10.4. The van der Waals surface area contributed by atoms with Crippen LogP contribution in [0.3, 0.4) is 0 Å². The zero-order chi connectivity index (χ0) is 20.3. The lowest BCUT2D eigenvalue weighted by atomic mass is 9.92. The van der Waals surface area contributed by atoms with Crippen molar-refractivity contribution in [3.8, 4) is 11.4 Å². The van der Waals surface area contributed by atoms with Gasteiger partial charge in [0, 0.05) is 21.6 Å². The van der Waals surface area contributed by atoms with E-state index < -0.39 is 0 Å². The molecule has 2 aromatic carbocycles. The summed E-state index contributed by atoms with van der Waals surface area (Å²) < 4.78 is 7.84. The Morgan fingerprint density at radius 3 is 2.39 bits per heavy atom. The van der Waals surface area contributed by atoms with Crippen LogP contribution in [0, 0.1) is 0 Å². The lowest BCUT2D eigenvalue weighted by molar-refractivity contribution is 0.262. The lowest BCUT2D eigenvalue weighted by Crippen LogP contribution is -2.21. The van der Waals surface area contributed by atoms with E-state index in [1.165, 1.54) is 0 Å². The highest BCUT2D eigenvalue weighted by Gasteiger charge is 2.21. The fourth-order valence-corrected chi connectivity index (χ4v) is 3.00. The maximum Gasteiger partial charge on any atom is 0.324 e. The van der Waals surface area contributed by atoms with Crippen molar-refractivity contribution in [3.05, 3.63) is 64.8 Å². The van der Waals surface area contributed by atoms with Crippen LogP contribution in [0.1, 0.15) is 26.5 Å². The summed E-state index contributed by atoms with van der Waals surface area (Å²) in [6.07, 6.45) is 0. The molecule has 0 saturated heterocycles. The van der Waals surface area contributed by atoms with Crippen molar-refractivity contribution in [2.75, 3.05) is 17.7 Å². The van der Waals surface area contributed by atoms with E-state index in [-0.39, 0.29) is 11.4 Å². The third-order valence-electron chi connectivity index (χ3n) is 4.12. The second-order valence-electron chi connectivity index (χ2n) is 7.36. The molecule has 2 amide bonds. The van der Waals surface area contributed by atoms with E-state index in [4.69, 9.17) is 9.84 Å². The van der Waals surface area contributed by atoms with Crippen LogP contribution < -0.4 is 15.4 Å². The molecule has 0 radical (unpaired) electrons. The smallest absolute Gasteiger partial charge is 0.324 e. The van der Waals surface area contributed by atoms with Crippen LogP contribution in [0.15, 0.2) is 59.1 Å². The van der Waals surface area contributed by atoms with Gasteiger partial charge >= 0.3 is 6.03 Å². The van der Waals surface area contributed by atoms with Gasteiger partial charge in [-0.2, -0.15) is 5.10 Å². The van der Waals surface area contributed by atoms with Crippen molar-refractivity contribution >= 4 is 33.5 Å². The van der Waals surface area contributed by atoms with Gasteiger partial charge in [0.2, 0.25) is 0 Å². The van der Waals surface area contributed by atoms with E-state index in [0.717, 1.165) is 21.6 Å². The predicted molar refractivity (Wildman–Crippen MR) is 116 cm³/mol. The zero-order valence-electron chi connectivity index (χ0n) is 16.3. The van der Waals surface area contributed by atoms with Gasteiger partial charge < -0.3 is 10.1 Å². The van der Waals surface area contributed by atoms with Crippen LogP contribution in [-0.2, 0) is 5.41 Å². The normalized spacial score (nSPS) is 11.2. The number of anilines is 2. The van der Waals surface area contributed by atoms with Crippen LogP contribution >= 0.6 is 15.9 Å². The third-order valence-corrected chi connectivity index (χ3v) is 4.61. The highest BCUT2D eigenvalue weighted by molar-refractivity contribution is 9.10. The average Bonchev–Trinajstić information content (AvgIpc) is 3.06. The monoisotopic (exact) mass is 442 g/mol. The summed E-state index contributed by atoms with van der Waals surface area (Å²) in [5.41, 5.74) is 2.24. The van der Waals surface area contributed by atoms with E-state index in [9.17, 15) is 4.79 Å². The number of ether oxygens (including phenoxy) is 1. The van der Waals surface area contributed by atoms with E-state index in [2.05, 4.69) is 47.3 Å². The number of amides is 2. The van der Waals surface area contributed by atoms with E-state index in [1.54, 1.807) is 11.8 Å². The van der Waals surface area contributed by atoms with Crippen LogP contribution in [0.4, 0.5) is 16.3 Å². The van der Waals surface area contributed by atoms with Gasteiger partial charge in [0.25, 0.3) is 0 Å². The molecule has 0 bridgehead atoms. The average molecular weight is 443 g/mol.